The predicted octanol–water partition coefficient (Wildman–Crippen LogP) is 1.15. The van der Waals surface area contributed by atoms with Crippen LogP contribution in [-0.4, -0.2) is 16.2 Å². The maximum absolute atomic E-state index is 11.5. The SMILES string of the molecule is CCOCn1c(C)ncc(I)c1=O. The molecule has 4 nitrogen and oxygen atoms in total. The Morgan fingerprint density at radius 2 is 2.38 bits per heavy atom. The van der Waals surface area contributed by atoms with Crippen molar-refractivity contribution in [2.24, 2.45) is 0 Å². The second-order valence-corrected chi connectivity index (χ2v) is 3.67. The number of nitrogens with zero attached hydrogens (tertiary/aromatic N) is 2. The van der Waals surface area contributed by atoms with Crippen LogP contribution in [0.4, 0.5) is 0 Å². The summed E-state index contributed by atoms with van der Waals surface area (Å²) in [7, 11) is 0. The van der Waals surface area contributed by atoms with Crippen molar-refractivity contribution in [2.45, 2.75) is 20.6 Å². The molecule has 72 valence electrons. The number of hydrogen-bond acceptors (Lipinski definition) is 3. The maximum atomic E-state index is 11.5. The van der Waals surface area contributed by atoms with Gasteiger partial charge in [-0.05, 0) is 36.4 Å². The molecule has 0 aromatic carbocycles. The highest BCUT2D eigenvalue weighted by atomic mass is 127. The quantitative estimate of drug-likeness (QED) is 0.786. The number of rotatable bonds is 3. The lowest BCUT2D eigenvalue weighted by atomic mass is 10.5. The van der Waals surface area contributed by atoms with Gasteiger partial charge in [0, 0.05) is 12.8 Å². The zero-order chi connectivity index (χ0) is 9.84. The third-order valence-electron chi connectivity index (χ3n) is 1.63. The Labute approximate surface area is 90.1 Å². The van der Waals surface area contributed by atoms with Crippen LogP contribution in [0, 0.1) is 10.5 Å². The number of aromatic nitrogens is 2. The molecule has 5 heteroatoms. The molecular weight excluding hydrogens is 283 g/mol. The Bertz CT molecular complexity index is 348. The first-order valence-electron chi connectivity index (χ1n) is 3.96. The van der Waals surface area contributed by atoms with Gasteiger partial charge in [-0.2, -0.15) is 0 Å². The van der Waals surface area contributed by atoms with Gasteiger partial charge in [-0.3, -0.25) is 9.36 Å². The number of aryl methyl sites for hydroxylation is 1. The van der Waals surface area contributed by atoms with Crippen LogP contribution in [0.15, 0.2) is 11.0 Å². The third kappa shape index (κ3) is 2.50. The molecule has 0 bridgehead atoms. The van der Waals surface area contributed by atoms with E-state index in [0.717, 1.165) is 0 Å². The van der Waals surface area contributed by atoms with Crippen LogP contribution in [-0.2, 0) is 11.5 Å². The van der Waals surface area contributed by atoms with Gasteiger partial charge >= 0.3 is 0 Å². The lowest BCUT2D eigenvalue weighted by Gasteiger charge is -2.08. The molecule has 1 rings (SSSR count). The molecule has 1 aromatic heterocycles. The van der Waals surface area contributed by atoms with Crippen molar-refractivity contribution in [1.29, 1.82) is 0 Å². The molecular formula is C8H11IN2O2. The zero-order valence-corrected chi connectivity index (χ0v) is 9.74. The van der Waals surface area contributed by atoms with Crippen molar-refractivity contribution in [3.8, 4) is 0 Å². The third-order valence-corrected chi connectivity index (χ3v) is 2.37. The molecule has 0 spiro atoms. The Balaban J connectivity index is 3.03. The Hall–Kier alpha value is -0.430. The highest BCUT2D eigenvalue weighted by Gasteiger charge is 2.03. The van der Waals surface area contributed by atoms with E-state index < -0.39 is 0 Å². The fourth-order valence-corrected chi connectivity index (χ4v) is 1.32. The van der Waals surface area contributed by atoms with E-state index in [1.54, 1.807) is 13.1 Å². The van der Waals surface area contributed by atoms with Crippen LogP contribution < -0.4 is 5.56 Å². The Morgan fingerprint density at radius 1 is 1.69 bits per heavy atom. The predicted molar refractivity (Wildman–Crippen MR) is 57.6 cm³/mol. The summed E-state index contributed by atoms with van der Waals surface area (Å²) in [6.07, 6.45) is 1.57. The first kappa shape index (κ1) is 10.6. The molecule has 0 saturated carbocycles. The molecule has 0 atom stereocenters. The lowest BCUT2D eigenvalue weighted by molar-refractivity contribution is 0.0828. The number of halogens is 1. The summed E-state index contributed by atoms with van der Waals surface area (Å²) in [5.41, 5.74) is -0.0402. The van der Waals surface area contributed by atoms with E-state index in [0.29, 0.717) is 16.0 Å². The fraction of sp³-hybridized carbons (Fsp3) is 0.500. The lowest BCUT2D eigenvalue weighted by Crippen LogP contribution is -2.26. The van der Waals surface area contributed by atoms with Gasteiger partial charge in [0.25, 0.3) is 5.56 Å². The minimum atomic E-state index is -0.0402. The van der Waals surface area contributed by atoms with Crippen molar-refractivity contribution in [3.05, 3.63) is 25.9 Å². The molecule has 0 saturated heterocycles. The fourth-order valence-electron chi connectivity index (χ4n) is 0.886. The van der Waals surface area contributed by atoms with Crippen LogP contribution in [0.2, 0.25) is 0 Å². The number of hydrogen-bond donors (Lipinski definition) is 0. The summed E-state index contributed by atoms with van der Waals surface area (Å²) in [5, 5.41) is 0. The summed E-state index contributed by atoms with van der Waals surface area (Å²) in [6.45, 7) is 4.56. The van der Waals surface area contributed by atoms with E-state index in [1.807, 2.05) is 29.5 Å². The van der Waals surface area contributed by atoms with Crippen LogP contribution in [0.3, 0.4) is 0 Å². The van der Waals surface area contributed by atoms with Crippen LogP contribution in [0.25, 0.3) is 0 Å². The summed E-state index contributed by atoms with van der Waals surface area (Å²) >= 11 is 1.97. The van der Waals surface area contributed by atoms with Gasteiger partial charge in [0.2, 0.25) is 0 Å². The van der Waals surface area contributed by atoms with Gasteiger partial charge in [-0.15, -0.1) is 0 Å². The molecule has 1 heterocycles. The first-order chi connectivity index (χ1) is 6.16. The molecule has 0 fully saturated rings. The molecule has 0 radical (unpaired) electrons. The van der Waals surface area contributed by atoms with Gasteiger partial charge in [-0.25, -0.2) is 4.98 Å². The highest BCUT2D eigenvalue weighted by molar-refractivity contribution is 14.1. The largest absolute Gasteiger partial charge is 0.361 e. The molecule has 0 N–H and O–H groups in total. The number of ether oxygens (including phenoxy) is 1. The molecule has 0 amide bonds. The van der Waals surface area contributed by atoms with Crippen molar-refractivity contribution in [3.63, 3.8) is 0 Å². The van der Waals surface area contributed by atoms with Crippen molar-refractivity contribution >= 4 is 22.6 Å². The van der Waals surface area contributed by atoms with E-state index in [-0.39, 0.29) is 12.3 Å². The normalized spacial score (nSPS) is 10.4. The van der Waals surface area contributed by atoms with Crippen LogP contribution in [0.1, 0.15) is 12.7 Å². The summed E-state index contributed by atoms with van der Waals surface area (Å²) in [6, 6.07) is 0. The Kier molecular flexibility index (Phi) is 3.86. The molecule has 0 aliphatic rings. The standard InChI is InChI=1S/C8H11IN2O2/c1-3-13-5-11-6(2)10-4-7(9)8(11)12/h4H,3,5H2,1-2H3. The monoisotopic (exact) mass is 294 g/mol. The first-order valence-corrected chi connectivity index (χ1v) is 5.04. The van der Waals surface area contributed by atoms with E-state index in [1.165, 1.54) is 4.57 Å². The van der Waals surface area contributed by atoms with Gasteiger partial charge in [-0.1, -0.05) is 0 Å². The minimum absolute atomic E-state index is 0.0402. The second kappa shape index (κ2) is 4.71. The minimum Gasteiger partial charge on any atom is -0.361 e. The highest BCUT2D eigenvalue weighted by Crippen LogP contribution is 1.97. The molecule has 0 unspecified atom stereocenters. The van der Waals surface area contributed by atoms with Gasteiger partial charge in [0.1, 0.15) is 12.6 Å². The van der Waals surface area contributed by atoms with E-state index >= 15 is 0 Å². The van der Waals surface area contributed by atoms with Crippen LogP contribution >= 0.6 is 22.6 Å². The average Bonchev–Trinajstić information content (AvgIpc) is 2.12. The van der Waals surface area contributed by atoms with Gasteiger partial charge in [0.15, 0.2) is 0 Å². The molecule has 0 aliphatic heterocycles. The Morgan fingerprint density at radius 3 is 3.00 bits per heavy atom. The summed E-state index contributed by atoms with van der Waals surface area (Å²) in [5.74, 6) is 0.680. The second-order valence-electron chi connectivity index (χ2n) is 2.51. The smallest absolute Gasteiger partial charge is 0.268 e. The summed E-state index contributed by atoms with van der Waals surface area (Å²) < 4.78 is 7.29. The zero-order valence-electron chi connectivity index (χ0n) is 7.58. The topological polar surface area (TPSA) is 44.1 Å². The molecule has 13 heavy (non-hydrogen) atoms. The van der Waals surface area contributed by atoms with Gasteiger partial charge in [0.05, 0.1) is 3.57 Å². The van der Waals surface area contributed by atoms with Crippen molar-refractivity contribution in [2.75, 3.05) is 6.61 Å². The van der Waals surface area contributed by atoms with Crippen molar-refractivity contribution < 1.29 is 4.74 Å². The van der Waals surface area contributed by atoms with Crippen molar-refractivity contribution in [1.82, 2.24) is 9.55 Å². The molecule has 0 aliphatic carbocycles. The average molecular weight is 294 g/mol. The van der Waals surface area contributed by atoms with Crippen LogP contribution in [0.5, 0.6) is 0 Å². The molecule has 1 aromatic rings. The maximum Gasteiger partial charge on any atom is 0.268 e. The van der Waals surface area contributed by atoms with E-state index in [4.69, 9.17) is 4.74 Å². The van der Waals surface area contributed by atoms with E-state index in [2.05, 4.69) is 4.98 Å². The van der Waals surface area contributed by atoms with E-state index in [9.17, 15) is 4.79 Å². The summed E-state index contributed by atoms with van der Waals surface area (Å²) in [4.78, 5) is 15.6. The van der Waals surface area contributed by atoms with Gasteiger partial charge < -0.3 is 4.74 Å².